The van der Waals surface area contributed by atoms with Gasteiger partial charge < -0.3 is 14.4 Å². The van der Waals surface area contributed by atoms with Crippen LogP contribution in [0.4, 0.5) is 0 Å². The van der Waals surface area contributed by atoms with Gasteiger partial charge in [0, 0.05) is 19.6 Å². The van der Waals surface area contributed by atoms with Gasteiger partial charge in [0.15, 0.2) is 11.5 Å². The molecule has 2 aliphatic rings. The number of methoxy groups -OCH3 is 2. The van der Waals surface area contributed by atoms with E-state index in [-0.39, 0.29) is 17.3 Å². The summed E-state index contributed by atoms with van der Waals surface area (Å²) in [5.41, 5.74) is 5.00. The minimum absolute atomic E-state index is 0.165. The van der Waals surface area contributed by atoms with Crippen molar-refractivity contribution in [2.45, 2.75) is 43.8 Å². The van der Waals surface area contributed by atoms with Crippen LogP contribution in [-0.4, -0.2) is 50.3 Å². The van der Waals surface area contributed by atoms with Crippen molar-refractivity contribution in [3.8, 4) is 11.5 Å². The average molecular weight is 507 g/mol. The van der Waals surface area contributed by atoms with Crippen LogP contribution in [0.2, 0.25) is 0 Å². The zero-order chi connectivity index (χ0) is 25.4. The average Bonchev–Trinajstić information content (AvgIpc) is 2.91. The standard InChI is InChI=1S/C28H30N2O5S/c1-19-8-10-24(11-9-19)36(32,33)30-18-22-7-5-4-6-20(22)14-25(30)28(31)29-13-12-21-15-26(34-2)27(35-3)16-23(21)17-29/h4-11,15-16,25H,12-14,17-18H2,1-3H3/t25-/m1/s1. The molecule has 188 valence electrons. The maximum atomic E-state index is 14.0. The van der Waals surface area contributed by atoms with E-state index in [9.17, 15) is 13.2 Å². The molecule has 5 rings (SSSR count). The van der Waals surface area contributed by atoms with Crippen molar-refractivity contribution in [2.75, 3.05) is 20.8 Å². The van der Waals surface area contributed by atoms with Crippen LogP contribution in [0.25, 0.3) is 0 Å². The summed E-state index contributed by atoms with van der Waals surface area (Å²) in [7, 11) is -0.695. The maximum Gasteiger partial charge on any atom is 0.244 e. The molecule has 0 unspecified atom stereocenters. The topological polar surface area (TPSA) is 76.2 Å². The maximum absolute atomic E-state index is 14.0. The molecular weight excluding hydrogens is 476 g/mol. The van der Waals surface area contributed by atoms with Crippen molar-refractivity contribution in [3.63, 3.8) is 0 Å². The molecule has 36 heavy (non-hydrogen) atoms. The van der Waals surface area contributed by atoms with Crippen LogP contribution in [0.5, 0.6) is 11.5 Å². The van der Waals surface area contributed by atoms with Gasteiger partial charge in [-0.1, -0.05) is 42.0 Å². The molecule has 0 saturated heterocycles. The predicted molar refractivity (Wildman–Crippen MR) is 137 cm³/mol. The summed E-state index contributed by atoms with van der Waals surface area (Å²) in [6, 6.07) is 17.6. The number of sulfonamides is 1. The fourth-order valence-electron chi connectivity index (χ4n) is 5.09. The normalized spacial score (nSPS) is 17.8. The highest BCUT2D eigenvalue weighted by atomic mass is 32.2. The van der Waals surface area contributed by atoms with Gasteiger partial charge in [-0.05, 0) is 66.3 Å². The molecule has 1 atom stereocenters. The van der Waals surface area contributed by atoms with E-state index in [0.717, 1.165) is 27.8 Å². The lowest BCUT2D eigenvalue weighted by molar-refractivity contribution is -0.136. The zero-order valence-corrected chi connectivity index (χ0v) is 21.5. The Bertz CT molecular complexity index is 1400. The molecule has 0 fully saturated rings. The van der Waals surface area contributed by atoms with E-state index in [0.29, 0.717) is 37.4 Å². The number of hydrogen-bond donors (Lipinski definition) is 0. The first-order valence-electron chi connectivity index (χ1n) is 12.0. The van der Waals surface area contributed by atoms with Gasteiger partial charge in [-0.3, -0.25) is 4.79 Å². The Hall–Kier alpha value is -3.36. The van der Waals surface area contributed by atoms with Gasteiger partial charge in [0.05, 0.1) is 19.1 Å². The number of fused-ring (bicyclic) bond motifs is 2. The molecule has 3 aromatic rings. The monoisotopic (exact) mass is 506 g/mol. The summed E-state index contributed by atoms with van der Waals surface area (Å²) < 4.78 is 39.8. The Morgan fingerprint density at radius 1 is 0.861 bits per heavy atom. The fraction of sp³-hybridized carbons (Fsp3) is 0.321. The van der Waals surface area contributed by atoms with Gasteiger partial charge in [0.1, 0.15) is 6.04 Å². The summed E-state index contributed by atoms with van der Waals surface area (Å²) in [6.07, 6.45) is 1.00. The zero-order valence-electron chi connectivity index (χ0n) is 20.7. The van der Waals surface area contributed by atoms with Gasteiger partial charge in [-0.15, -0.1) is 0 Å². The van der Waals surface area contributed by atoms with Gasteiger partial charge in [0.2, 0.25) is 15.9 Å². The predicted octanol–water partition coefficient (Wildman–Crippen LogP) is 3.71. The number of amides is 1. The van der Waals surface area contributed by atoms with Crippen LogP contribution in [0.3, 0.4) is 0 Å². The summed E-state index contributed by atoms with van der Waals surface area (Å²) >= 11 is 0. The summed E-state index contributed by atoms with van der Waals surface area (Å²) in [4.78, 5) is 15.9. The molecule has 0 saturated carbocycles. The van der Waals surface area contributed by atoms with Crippen LogP contribution in [-0.2, 0) is 40.7 Å². The lowest BCUT2D eigenvalue weighted by Crippen LogP contribution is -2.54. The molecule has 0 N–H and O–H groups in total. The quantitative estimate of drug-likeness (QED) is 0.527. The van der Waals surface area contributed by atoms with Gasteiger partial charge in [-0.2, -0.15) is 4.31 Å². The molecular formula is C28H30N2O5S. The lowest BCUT2D eigenvalue weighted by atomic mass is 9.93. The Morgan fingerprint density at radius 3 is 2.17 bits per heavy atom. The minimum Gasteiger partial charge on any atom is -0.493 e. The number of ether oxygens (including phenoxy) is 2. The van der Waals surface area contributed by atoms with Crippen molar-refractivity contribution < 1.29 is 22.7 Å². The van der Waals surface area contributed by atoms with Gasteiger partial charge in [0.25, 0.3) is 0 Å². The first-order chi connectivity index (χ1) is 17.3. The van der Waals surface area contributed by atoms with Gasteiger partial charge >= 0.3 is 0 Å². The molecule has 3 aromatic carbocycles. The van der Waals surface area contributed by atoms with E-state index < -0.39 is 16.1 Å². The second kappa shape index (κ2) is 9.59. The summed E-state index contributed by atoms with van der Waals surface area (Å²) in [5, 5.41) is 0. The van der Waals surface area contributed by atoms with Crippen molar-refractivity contribution in [2.24, 2.45) is 0 Å². The van der Waals surface area contributed by atoms with Crippen molar-refractivity contribution >= 4 is 15.9 Å². The summed E-state index contributed by atoms with van der Waals surface area (Å²) in [6.45, 7) is 2.99. The number of rotatable bonds is 5. The van der Waals surface area contributed by atoms with E-state index in [1.165, 1.54) is 4.31 Å². The number of hydrogen-bond acceptors (Lipinski definition) is 5. The Morgan fingerprint density at radius 2 is 1.50 bits per heavy atom. The Balaban J connectivity index is 1.49. The smallest absolute Gasteiger partial charge is 0.244 e. The molecule has 7 nitrogen and oxygen atoms in total. The Kier molecular flexibility index (Phi) is 6.49. The van der Waals surface area contributed by atoms with Crippen LogP contribution < -0.4 is 9.47 Å². The summed E-state index contributed by atoms with van der Waals surface area (Å²) in [5.74, 6) is 1.09. The third-order valence-corrected chi connectivity index (χ3v) is 9.02. The SMILES string of the molecule is COc1cc2c(cc1OC)CN(C(=O)[C@H]1Cc3ccccc3CN1S(=O)(=O)c1ccc(C)cc1)CC2. The highest BCUT2D eigenvalue weighted by Crippen LogP contribution is 2.35. The minimum atomic E-state index is -3.89. The molecule has 8 heteroatoms. The second-order valence-corrected chi connectivity index (χ2v) is 11.2. The number of benzene rings is 3. The van der Waals surface area contributed by atoms with Crippen molar-refractivity contribution in [1.82, 2.24) is 9.21 Å². The molecule has 0 aromatic heterocycles. The van der Waals surface area contributed by atoms with E-state index in [1.54, 1.807) is 43.4 Å². The van der Waals surface area contributed by atoms with Crippen LogP contribution in [0, 0.1) is 6.92 Å². The molecule has 2 heterocycles. The number of aryl methyl sites for hydroxylation is 1. The fourth-order valence-corrected chi connectivity index (χ4v) is 6.65. The number of carbonyl (C=O) groups is 1. The molecule has 0 radical (unpaired) electrons. The molecule has 0 aliphatic carbocycles. The molecule has 2 aliphatic heterocycles. The van der Waals surface area contributed by atoms with Crippen LogP contribution in [0.1, 0.15) is 27.8 Å². The highest BCUT2D eigenvalue weighted by molar-refractivity contribution is 7.89. The third-order valence-electron chi connectivity index (χ3n) is 7.15. The number of carbonyl (C=O) groups excluding carboxylic acids is 1. The highest BCUT2D eigenvalue weighted by Gasteiger charge is 2.41. The first kappa shape index (κ1) is 24.3. The molecule has 0 spiro atoms. The van der Waals surface area contributed by atoms with E-state index >= 15 is 0 Å². The van der Waals surface area contributed by atoms with Crippen LogP contribution >= 0.6 is 0 Å². The number of nitrogens with zero attached hydrogens (tertiary/aromatic N) is 2. The first-order valence-corrected chi connectivity index (χ1v) is 13.4. The van der Waals surface area contributed by atoms with E-state index in [1.807, 2.05) is 43.3 Å². The lowest BCUT2D eigenvalue weighted by Gasteiger charge is -2.39. The van der Waals surface area contributed by atoms with Crippen molar-refractivity contribution in [1.29, 1.82) is 0 Å². The third kappa shape index (κ3) is 4.35. The van der Waals surface area contributed by atoms with Crippen LogP contribution in [0.15, 0.2) is 65.6 Å². The van der Waals surface area contributed by atoms with E-state index in [4.69, 9.17) is 9.47 Å². The van der Waals surface area contributed by atoms with E-state index in [2.05, 4.69) is 0 Å². The van der Waals surface area contributed by atoms with Gasteiger partial charge in [-0.25, -0.2) is 8.42 Å². The molecule has 1 amide bonds. The van der Waals surface area contributed by atoms with Crippen molar-refractivity contribution in [3.05, 3.63) is 88.5 Å². The second-order valence-electron chi connectivity index (χ2n) is 9.34. The largest absolute Gasteiger partial charge is 0.493 e. The Labute approximate surface area is 212 Å². The molecule has 0 bridgehead atoms.